The Hall–Kier alpha value is -2.37. The average molecular weight is 391 g/mol. The van der Waals surface area contributed by atoms with Gasteiger partial charge in [0.05, 0.1) is 18.1 Å². The number of ketones is 1. The third kappa shape index (κ3) is 2.05. The summed E-state index contributed by atoms with van der Waals surface area (Å²) in [4.78, 5) is 15.4. The number of hydrogen-bond donors (Lipinski definition) is 1. The summed E-state index contributed by atoms with van der Waals surface area (Å²) in [5.74, 6) is 1.45. The van der Waals surface area contributed by atoms with Crippen molar-refractivity contribution in [3.05, 3.63) is 59.2 Å². The number of rotatable bonds is 3. The van der Waals surface area contributed by atoms with Crippen molar-refractivity contribution in [2.75, 3.05) is 13.7 Å². The van der Waals surface area contributed by atoms with E-state index in [0.717, 1.165) is 31.5 Å². The molecule has 5 heteroatoms. The molecule has 150 valence electrons. The van der Waals surface area contributed by atoms with Crippen LogP contribution in [0.25, 0.3) is 0 Å². The number of piperidine rings is 1. The fourth-order valence-corrected chi connectivity index (χ4v) is 6.57. The molecule has 1 N–H and O–H groups in total. The minimum absolute atomic E-state index is 0.0255. The molecule has 6 rings (SSSR count). The van der Waals surface area contributed by atoms with E-state index in [1.54, 1.807) is 7.11 Å². The summed E-state index contributed by atoms with van der Waals surface area (Å²) >= 11 is 0. The molecule has 0 amide bonds. The highest BCUT2D eigenvalue weighted by atomic mass is 16.5. The summed E-state index contributed by atoms with van der Waals surface area (Å²) in [6, 6.07) is 14.4. The van der Waals surface area contributed by atoms with Gasteiger partial charge in [0.15, 0.2) is 23.4 Å². The lowest BCUT2D eigenvalue weighted by Crippen LogP contribution is -2.76. The lowest BCUT2D eigenvalue weighted by Gasteiger charge is -2.62. The van der Waals surface area contributed by atoms with Crippen LogP contribution in [0, 0.1) is 0 Å². The molecular weight excluding hydrogens is 366 g/mol. The summed E-state index contributed by atoms with van der Waals surface area (Å²) in [6.45, 7) is 1.65. The van der Waals surface area contributed by atoms with Crippen molar-refractivity contribution in [2.24, 2.45) is 0 Å². The van der Waals surface area contributed by atoms with Gasteiger partial charge in [-0.25, -0.2) is 0 Å². The Bertz CT molecular complexity index is 1010. The van der Waals surface area contributed by atoms with Crippen LogP contribution in [0.1, 0.15) is 36.0 Å². The molecule has 1 saturated heterocycles. The monoisotopic (exact) mass is 391 g/mol. The van der Waals surface area contributed by atoms with Crippen molar-refractivity contribution in [2.45, 2.75) is 55.4 Å². The van der Waals surface area contributed by atoms with E-state index in [4.69, 9.17) is 9.47 Å². The lowest BCUT2D eigenvalue weighted by molar-refractivity contribution is -0.189. The quantitative estimate of drug-likeness (QED) is 0.872. The molecule has 4 aliphatic rings. The van der Waals surface area contributed by atoms with Crippen LogP contribution in [0.3, 0.4) is 0 Å². The smallest absolute Gasteiger partial charge is 0.174 e. The second-order valence-corrected chi connectivity index (χ2v) is 8.92. The van der Waals surface area contributed by atoms with Gasteiger partial charge >= 0.3 is 0 Å². The Labute approximate surface area is 170 Å². The van der Waals surface area contributed by atoms with E-state index in [0.29, 0.717) is 24.3 Å². The Balaban J connectivity index is 1.51. The Morgan fingerprint density at radius 2 is 2.03 bits per heavy atom. The fourth-order valence-electron chi connectivity index (χ4n) is 6.57. The van der Waals surface area contributed by atoms with Crippen molar-refractivity contribution in [1.29, 1.82) is 0 Å². The van der Waals surface area contributed by atoms with Gasteiger partial charge in [0, 0.05) is 31.1 Å². The molecule has 2 heterocycles. The zero-order chi connectivity index (χ0) is 19.8. The zero-order valence-corrected chi connectivity index (χ0v) is 16.6. The van der Waals surface area contributed by atoms with Gasteiger partial charge < -0.3 is 14.6 Å². The predicted molar refractivity (Wildman–Crippen MR) is 107 cm³/mol. The molecular formula is C24H25NO4. The van der Waals surface area contributed by atoms with E-state index < -0.39 is 17.1 Å². The highest BCUT2D eigenvalue weighted by Crippen LogP contribution is 2.64. The molecule has 2 bridgehead atoms. The molecule has 2 aromatic carbocycles. The molecule has 1 spiro atoms. The number of carbonyl (C=O) groups is 1. The van der Waals surface area contributed by atoms with Gasteiger partial charge in [-0.15, -0.1) is 0 Å². The molecule has 2 aliphatic heterocycles. The molecule has 4 atom stereocenters. The Morgan fingerprint density at radius 1 is 1.21 bits per heavy atom. The Morgan fingerprint density at radius 3 is 2.83 bits per heavy atom. The van der Waals surface area contributed by atoms with Crippen LogP contribution in [-0.2, 0) is 23.2 Å². The number of aliphatic hydroxyl groups is 1. The number of Topliss-reactive ketones (excluding diaryl/α,β-unsaturated/α-hetero) is 1. The molecule has 0 radical (unpaired) electrons. The second kappa shape index (κ2) is 5.83. The van der Waals surface area contributed by atoms with E-state index >= 15 is 0 Å². The molecule has 2 aromatic rings. The maximum Gasteiger partial charge on any atom is 0.174 e. The fraction of sp³-hybridized carbons (Fsp3) is 0.458. The van der Waals surface area contributed by atoms with Gasteiger partial charge in [0.1, 0.15) is 0 Å². The summed E-state index contributed by atoms with van der Waals surface area (Å²) in [7, 11) is 1.63. The summed E-state index contributed by atoms with van der Waals surface area (Å²) in [5.41, 5.74) is 1.85. The molecule has 29 heavy (non-hydrogen) atoms. The number of benzene rings is 2. The average Bonchev–Trinajstić information content (AvgIpc) is 3.09. The number of likely N-dealkylation sites (tertiary alicyclic amines) is 1. The van der Waals surface area contributed by atoms with Crippen LogP contribution >= 0.6 is 0 Å². The van der Waals surface area contributed by atoms with Gasteiger partial charge in [-0.2, -0.15) is 0 Å². The third-order valence-electron chi connectivity index (χ3n) is 7.80. The van der Waals surface area contributed by atoms with Gasteiger partial charge in [-0.05, 0) is 36.5 Å². The molecule has 1 saturated carbocycles. The normalized spacial score (nSPS) is 34.5. The van der Waals surface area contributed by atoms with E-state index in [1.165, 1.54) is 11.1 Å². The predicted octanol–water partition coefficient (Wildman–Crippen LogP) is 2.62. The van der Waals surface area contributed by atoms with Crippen molar-refractivity contribution < 1.29 is 19.4 Å². The number of nitrogens with zero attached hydrogens (tertiary/aromatic N) is 1. The number of hydrogen-bond acceptors (Lipinski definition) is 5. The molecule has 5 nitrogen and oxygen atoms in total. The van der Waals surface area contributed by atoms with E-state index in [-0.39, 0.29) is 11.8 Å². The van der Waals surface area contributed by atoms with Gasteiger partial charge in [0.2, 0.25) is 0 Å². The second-order valence-electron chi connectivity index (χ2n) is 8.92. The topological polar surface area (TPSA) is 59.0 Å². The maximum atomic E-state index is 12.9. The highest BCUT2D eigenvalue weighted by molar-refractivity contribution is 5.90. The van der Waals surface area contributed by atoms with Gasteiger partial charge in [-0.3, -0.25) is 9.69 Å². The minimum atomic E-state index is -0.969. The van der Waals surface area contributed by atoms with Gasteiger partial charge in [-0.1, -0.05) is 36.4 Å². The lowest BCUT2D eigenvalue weighted by atomic mass is 9.49. The van der Waals surface area contributed by atoms with Crippen molar-refractivity contribution in [3.63, 3.8) is 0 Å². The summed E-state index contributed by atoms with van der Waals surface area (Å²) < 4.78 is 11.8. The van der Waals surface area contributed by atoms with Crippen LogP contribution in [0.2, 0.25) is 0 Å². The molecule has 0 unspecified atom stereocenters. The zero-order valence-electron chi connectivity index (χ0n) is 16.6. The van der Waals surface area contributed by atoms with Crippen LogP contribution in [0.5, 0.6) is 11.5 Å². The summed E-state index contributed by atoms with van der Waals surface area (Å²) in [6.07, 6.45) is 1.74. The maximum absolute atomic E-state index is 12.9. The Kier molecular flexibility index (Phi) is 3.52. The molecule has 0 aromatic heterocycles. The SMILES string of the molecule is COc1ccc2c3c1O[C@@H]1C(=O)CC[C@]4(O)[C@H](C2)N(Cc2ccccc2)CC[C@@]314. The van der Waals surface area contributed by atoms with E-state index in [9.17, 15) is 9.90 Å². The minimum Gasteiger partial charge on any atom is -0.493 e. The van der Waals surface area contributed by atoms with Crippen LogP contribution in [-0.4, -0.2) is 47.2 Å². The number of carbonyl (C=O) groups excluding carboxylic acids is 1. The first kappa shape index (κ1) is 17.5. The third-order valence-corrected chi connectivity index (χ3v) is 7.80. The van der Waals surface area contributed by atoms with Crippen molar-refractivity contribution >= 4 is 5.78 Å². The molecule has 2 aliphatic carbocycles. The number of methoxy groups -OCH3 is 1. The highest BCUT2D eigenvalue weighted by Gasteiger charge is 2.73. The largest absolute Gasteiger partial charge is 0.493 e. The van der Waals surface area contributed by atoms with Gasteiger partial charge in [0.25, 0.3) is 0 Å². The number of ether oxygens (including phenoxy) is 2. The van der Waals surface area contributed by atoms with E-state index in [2.05, 4.69) is 35.2 Å². The first-order valence-electron chi connectivity index (χ1n) is 10.5. The molecule has 2 fully saturated rings. The van der Waals surface area contributed by atoms with Crippen LogP contribution in [0.15, 0.2) is 42.5 Å². The van der Waals surface area contributed by atoms with Crippen molar-refractivity contribution in [3.8, 4) is 11.5 Å². The van der Waals surface area contributed by atoms with Crippen LogP contribution < -0.4 is 9.47 Å². The standard InChI is InChI=1S/C24H25NO4/c1-28-18-8-7-16-13-19-24(27)10-9-17(26)22-23(24,20(16)21(18)29-22)11-12-25(19)14-15-5-3-2-4-6-15/h2-8,19,22,27H,9-14H2,1H3/t19-,22+,23+,24-/m0/s1. The first-order valence-corrected chi connectivity index (χ1v) is 10.5. The first-order chi connectivity index (χ1) is 14.1. The van der Waals surface area contributed by atoms with Crippen molar-refractivity contribution in [1.82, 2.24) is 4.90 Å². The van der Waals surface area contributed by atoms with Crippen LogP contribution in [0.4, 0.5) is 0 Å². The van der Waals surface area contributed by atoms with E-state index in [1.807, 2.05) is 12.1 Å². The summed E-state index contributed by atoms with van der Waals surface area (Å²) in [5, 5.41) is 12.2.